The number of likely N-dealkylation sites (N-methyl/N-ethyl adjacent to an activating group) is 1. The minimum atomic E-state index is -0.174. The SMILES string of the molecule is CCc1nc(C(=O)N(C)CCc2ccccn2)n[nH]1. The molecule has 2 rings (SSSR count). The molecule has 0 unspecified atom stereocenters. The molecule has 2 aromatic rings. The summed E-state index contributed by atoms with van der Waals surface area (Å²) in [5.74, 6) is 0.772. The van der Waals surface area contributed by atoms with Crippen LogP contribution in [0.1, 0.15) is 29.1 Å². The first-order chi connectivity index (χ1) is 9.20. The fraction of sp³-hybridized carbons (Fsp3) is 0.385. The number of hydrogen-bond donors (Lipinski definition) is 1. The summed E-state index contributed by atoms with van der Waals surface area (Å²) in [7, 11) is 1.74. The van der Waals surface area contributed by atoms with Gasteiger partial charge in [0.25, 0.3) is 5.91 Å². The molecule has 6 heteroatoms. The molecule has 1 N–H and O–H groups in total. The number of nitrogens with zero attached hydrogens (tertiary/aromatic N) is 4. The summed E-state index contributed by atoms with van der Waals surface area (Å²) in [5.41, 5.74) is 0.964. The molecule has 1 amide bonds. The van der Waals surface area contributed by atoms with Gasteiger partial charge in [-0.2, -0.15) is 0 Å². The molecular weight excluding hydrogens is 242 g/mol. The molecule has 0 aromatic carbocycles. The second-order valence-corrected chi connectivity index (χ2v) is 4.26. The topological polar surface area (TPSA) is 74.8 Å². The molecule has 0 radical (unpaired) electrons. The molecule has 19 heavy (non-hydrogen) atoms. The van der Waals surface area contributed by atoms with Crippen molar-refractivity contribution in [1.29, 1.82) is 0 Å². The predicted molar refractivity (Wildman–Crippen MR) is 70.7 cm³/mol. The molecule has 0 saturated carbocycles. The van der Waals surface area contributed by atoms with Gasteiger partial charge >= 0.3 is 0 Å². The summed E-state index contributed by atoms with van der Waals surface area (Å²) in [4.78, 5) is 22.0. The molecule has 0 aliphatic rings. The van der Waals surface area contributed by atoms with Crippen LogP contribution in [0.5, 0.6) is 0 Å². The standard InChI is InChI=1S/C13H17N5O/c1-3-11-15-12(17-16-11)13(19)18(2)9-7-10-6-4-5-8-14-10/h4-6,8H,3,7,9H2,1-2H3,(H,15,16,17). The van der Waals surface area contributed by atoms with Crippen molar-refractivity contribution in [2.75, 3.05) is 13.6 Å². The molecule has 0 aliphatic carbocycles. The summed E-state index contributed by atoms with van der Waals surface area (Å²) >= 11 is 0. The minimum Gasteiger partial charge on any atom is -0.339 e. The van der Waals surface area contributed by atoms with E-state index in [0.29, 0.717) is 13.0 Å². The number of aromatic amines is 1. The van der Waals surface area contributed by atoms with E-state index < -0.39 is 0 Å². The Morgan fingerprint density at radius 2 is 2.26 bits per heavy atom. The van der Waals surface area contributed by atoms with Gasteiger partial charge in [0.05, 0.1) is 0 Å². The Balaban J connectivity index is 1.92. The van der Waals surface area contributed by atoms with E-state index in [0.717, 1.165) is 17.9 Å². The highest BCUT2D eigenvalue weighted by Gasteiger charge is 2.16. The van der Waals surface area contributed by atoms with E-state index in [-0.39, 0.29) is 11.7 Å². The fourth-order valence-corrected chi connectivity index (χ4v) is 1.65. The van der Waals surface area contributed by atoms with Gasteiger partial charge in [-0.15, -0.1) is 5.10 Å². The average Bonchev–Trinajstić information content (AvgIpc) is 2.94. The van der Waals surface area contributed by atoms with E-state index in [1.54, 1.807) is 18.1 Å². The normalized spacial score (nSPS) is 10.4. The largest absolute Gasteiger partial charge is 0.339 e. The van der Waals surface area contributed by atoms with Gasteiger partial charge in [-0.3, -0.25) is 14.9 Å². The van der Waals surface area contributed by atoms with Crippen LogP contribution in [-0.4, -0.2) is 44.6 Å². The molecule has 0 spiro atoms. The Morgan fingerprint density at radius 1 is 1.42 bits per heavy atom. The highest BCUT2D eigenvalue weighted by molar-refractivity contribution is 5.90. The van der Waals surface area contributed by atoms with Crippen LogP contribution in [0, 0.1) is 0 Å². The number of H-pyrrole nitrogens is 1. The molecule has 100 valence electrons. The van der Waals surface area contributed by atoms with Crippen molar-refractivity contribution in [3.63, 3.8) is 0 Å². The first kappa shape index (κ1) is 13.2. The number of hydrogen-bond acceptors (Lipinski definition) is 4. The van der Waals surface area contributed by atoms with Crippen LogP contribution in [0.25, 0.3) is 0 Å². The first-order valence-electron chi connectivity index (χ1n) is 6.27. The zero-order valence-corrected chi connectivity index (χ0v) is 11.1. The number of aryl methyl sites for hydroxylation is 1. The van der Waals surface area contributed by atoms with Gasteiger partial charge in [0.2, 0.25) is 5.82 Å². The van der Waals surface area contributed by atoms with Crippen molar-refractivity contribution in [3.8, 4) is 0 Å². The summed E-state index contributed by atoms with van der Waals surface area (Å²) < 4.78 is 0. The van der Waals surface area contributed by atoms with Gasteiger partial charge < -0.3 is 4.90 Å². The molecular formula is C13H17N5O. The third-order valence-electron chi connectivity index (χ3n) is 2.83. The van der Waals surface area contributed by atoms with Crippen LogP contribution in [0.15, 0.2) is 24.4 Å². The number of rotatable bonds is 5. The zero-order chi connectivity index (χ0) is 13.7. The quantitative estimate of drug-likeness (QED) is 0.871. The number of carbonyl (C=O) groups excluding carboxylic acids is 1. The highest BCUT2D eigenvalue weighted by atomic mass is 16.2. The number of nitrogens with one attached hydrogen (secondary N) is 1. The zero-order valence-electron chi connectivity index (χ0n) is 11.1. The molecule has 0 aliphatic heterocycles. The summed E-state index contributed by atoms with van der Waals surface area (Å²) in [6.45, 7) is 2.55. The number of pyridine rings is 1. The molecule has 0 fully saturated rings. The first-order valence-corrected chi connectivity index (χ1v) is 6.27. The van der Waals surface area contributed by atoms with E-state index >= 15 is 0 Å². The van der Waals surface area contributed by atoms with Crippen LogP contribution >= 0.6 is 0 Å². The van der Waals surface area contributed by atoms with E-state index in [4.69, 9.17) is 0 Å². The molecule has 0 saturated heterocycles. The number of amides is 1. The molecule has 2 heterocycles. The van der Waals surface area contributed by atoms with Gasteiger partial charge in [-0.1, -0.05) is 13.0 Å². The third-order valence-corrected chi connectivity index (χ3v) is 2.83. The van der Waals surface area contributed by atoms with E-state index in [9.17, 15) is 4.79 Å². The maximum atomic E-state index is 12.1. The van der Waals surface area contributed by atoms with Crippen LogP contribution in [0.2, 0.25) is 0 Å². The van der Waals surface area contributed by atoms with Gasteiger partial charge in [0, 0.05) is 38.3 Å². The summed E-state index contributed by atoms with van der Waals surface area (Å²) in [6, 6.07) is 5.76. The van der Waals surface area contributed by atoms with Crippen molar-refractivity contribution < 1.29 is 4.79 Å². The Labute approximate surface area is 111 Å². The smallest absolute Gasteiger partial charge is 0.293 e. The monoisotopic (exact) mass is 259 g/mol. The van der Waals surface area contributed by atoms with E-state index in [1.807, 2.05) is 25.1 Å². The van der Waals surface area contributed by atoms with Gasteiger partial charge in [0.1, 0.15) is 5.82 Å². The Morgan fingerprint density at radius 3 is 2.89 bits per heavy atom. The third kappa shape index (κ3) is 3.37. The van der Waals surface area contributed by atoms with Crippen molar-refractivity contribution in [2.24, 2.45) is 0 Å². The summed E-state index contributed by atoms with van der Waals surface area (Å²) in [5, 5.41) is 6.66. The molecule has 6 nitrogen and oxygen atoms in total. The second-order valence-electron chi connectivity index (χ2n) is 4.26. The summed E-state index contributed by atoms with van der Waals surface area (Å²) in [6.07, 6.45) is 3.20. The Bertz CT molecular complexity index is 537. The molecule has 0 atom stereocenters. The lowest BCUT2D eigenvalue weighted by Gasteiger charge is -2.14. The minimum absolute atomic E-state index is 0.174. The maximum absolute atomic E-state index is 12.1. The molecule has 2 aromatic heterocycles. The van der Waals surface area contributed by atoms with Crippen LogP contribution in [0.4, 0.5) is 0 Å². The van der Waals surface area contributed by atoms with E-state index in [1.165, 1.54) is 0 Å². The van der Waals surface area contributed by atoms with Gasteiger partial charge in [-0.25, -0.2) is 4.98 Å². The Hall–Kier alpha value is -2.24. The Kier molecular flexibility index (Phi) is 4.22. The lowest BCUT2D eigenvalue weighted by molar-refractivity contribution is 0.0784. The lowest BCUT2D eigenvalue weighted by atomic mass is 10.2. The highest BCUT2D eigenvalue weighted by Crippen LogP contribution is 2.01. The van der Waals surface area contributed by atoms with Crippen LogP contribution < -0.4 is 0 Å². The predicted octanol–water partition coefficient (Wildman–Crippen LogP) is 1.08. The molecule has 0 bridgehead atoms. The van der Waals surface area contributed by atoms with Crippen LogP contribution in [0.3, 0.4) is 0 Å². The number of aromatic nitrogens is 4. The maximum Gasteiger partial charge on any atom is 0.293 e. The van der Waals surface area contributed by atoms with Crippen molar-refractivity contribution >= 4 is 5.91 Å². The van der Waals surface area contributed by atoms with Crippen molar-refractivity contribution in [3.05, 3.63) is 41.7 Å². The van der Waals surface area contributed by atoms with Crippen molar-refractivity contribution in [2.45, 2.75) is 19.8 Å². The number of carbonyl (C=O) groups is 1. The van der Waals surface area contributed by atoms with Gasteiger partial charge in [-0.05, 0) is 12.1 Å². The van der Waals surface area contributed by atoms with E-state index in [2.05, 4.69) is 20.2 Å². The van der Waals surface area contributed by atoms with Crippen molar-refractivity contribution in [1.82, 2.24) is 25.1 Å². The second kappa shape index (κ2) is 6.08. The lowest BCUT2D eigenvalue weighted by Crippen LogP contribution is -2.29. The average molecular weight is 259 g/mol. The van der Waals surface area contributed by atoms with Crippen LogP contribution in [-0.2, 0) is 12.8 Å². The van der Waals surface area contributed by atoms with Gasteiger partial charge in [0.15, 0.2) is 0 Å². The fourth-order valence-electron chi connectivity index (χ4n) is 1.65.